The maximum absolute atomic E-state index is 12.8. The standard InChI is InChI=1S/C17H25FN2O2.ClH/c1-19-10-6-14-7-11-20(12-8-14)17(21)9-13-22-16-4-2-15(18)3-5-16;/h2-5,14,19H,6-13H2,1H3;1H. The molecule has 4 nitrogen and oxygen atoms in total. The van der Waals surface area contributed by atoms with Crippen LogP contribution in [0, 0.1) is 11.7 Å². The molecule has 1 fully saturated rings. The fourth-order valence-electron chi connectivity index (χ4n) is 2.76. The van der Waals surface area contributed by atoms with Crippen molar-refractivity contribution in [2.24, 2.45) is 5.92 Å². The number of ether oxygens (including phenoxy) is 1. The second kappa shape index (κ2) is 10.4. The van der Waals surface area contributed by atoms with Crippen molar-refractivity contribution in [3.05, 3.63) is 30.1 Å². The topological polar surface area (TPSA) is 41.6 Å². The van der Waals surface area contributed by atoms with Crippen LogP contribution in [0.5, 0.6) is 5.75 Å². The summed E-state index contributed by atoms with van der Waals surface area (Å²) in [6.45, 7) is 3.09. The minimum atomic E-state index is -0.287. The fraction of sp³-hybridized carbons (Fsp3) is 0.588. The van der Waals surface area contributed by atoms with Crippen molar-refractivity contribution in [3.63, 3.8) is 0 Å². The Morgan fingerprint density at radius 3 is 2.57 bits per heavy atom. The molecule has 0 aromatic heterocycles. The van der Waals surface area contributed by atoms with Crippen LogP contribution in [0.3, 0.4) is 0 Å². The van der Waals surface area contributed by atoms with Gasteiger partial charge in [-0.25, -0.2) is 4.39 Å². The minimum absolute atomic E-state index is 0. The molecule has 1 aliphatic rings. The molecule has 1 N–H and O–H groups in total. The highest BCUT2D eigenvalue weighted by molar-refractivity contribution is 5.85. The Labute approximate surface area is 143 Å². The molecular weight excluding hydrogens is 319 g/mol. The average Bonchev–Trinajstić information content (AvgIpc) is 2.55. The van der Waals surface area contributed by atoms with Gasteiger partial charge < -0.3 is 15.0 Å². The van der Waals surface area contributed by atoms with Gasteiger partial charge in [0.2, 0.25) is 5.91 Å². The Hall–Kier alpha value is -1.33. The van der Waals surface area contributed by atoms with E-state index in [0.29, 0.717) is 18.8 Å². The first kappa shape index (κ1) is 19.7. The van der Waals surface area contributed by atoms with E-state index in [9.17, 15) is 9.18 Å². The van der Waals surface area contributed by atoms with E-state index in [4.69, 9.17) is 4.74 Å². The summed E-state index contributed by atoms with van der Waals surface area (Å²) in [5.41, 5.74) is 0. The lowest BCUT2D eigenvalue weighted by atomic mass is 9.93. The number of hydrogen-bond donors (Lipinski definition) is 1. The van der Waals surface area contributed by atoms with Crippen molar-refractivity contribution >= 4 is 18.3 Å². The van der Waals surface area contributed by atoms with E-state index in [1.54, 1.807) is 12.1 Å². The Morgan fingerprint density at radius 2 is 1.96 bits per heavy atom. The van der Waals surface area contributed by atoms with Crippen molar-refractivity contribution in [2.45, 2.75) is 25.7 Å². The van der Waals surface area contributed by atoms with E-state index < -0.39 is 0 Å². The minimum Gasteiger partial charge on any atom is -0.493 e. The maximum atomic E-state index is 12.8. The summed E-state index contributed by atoms with van der Waals surface area (Å²) >= 11 is 0. The van der Waals surface area contributed by atoms with Gasteiger partial charge in [0.05, 0.1) is 13.0 Å². The molecule has 1 aromatic carbocycles. The van der Waals surface area contributed by atoms with Gasteiger partial charge in [-0.3, -0.25) is 4.79 Å². The normalized spacial score (nSPS) is 15.1. The van der Waals surface area contributed by atoms with Crippen molar-refractivity contribution in [1.82, 2.24) is 10.2 Å². The third-order valence-electron chi connectivity index (χ3n) is 4.17. The second-order valence-corrected chi connectivity index (χ2v) is 5.77. The van der Waals surface area contributed by atoms with Gasteiger partial charge >= 0.3 is 0 Å². The lowest BCUT2D eigenvalue weighted by Gasteiger charge is -2.32. The number of carbonyl (C=O) groups is 1. The van der Waals surface area contributed by atoms with Crippen molar-refractivity contribution in [2.75, 3.05) is 33.3 Å². The van der Waals surface area contributed by atoms with Crippen LogP contribution in [0.1, 0.15) is 25.7 Å². The smallest absolute Gasteiger partial charge is 0.225 e. The number of hydrogen-bond acceptors (Lipinski definition) is 3. The van der Waals surface area contributed by atoms with Gasteiger partial charge in [0.1, 0.15) is 11.6 Å². The number of nitrogens with one attached hydrogen (secondary N) is 1. The molecule has 0 bridgehead atoms. The molecule has 1 heterocycles. The molecule has 23 heavy (non-hydrogen) atoms. The summed E-state index contributed by atoms with van der Waals surface area (Å²) in [6.07, 6.45) is 3.74. The Balaban J connectivity index is 0.00000264. The van der Waals surface area contributed by atoms with E-state index in [2.05, 4.69) is 5.32 Å². The molecular formula is C17H26ClFN2O2. The number of nitrogens with zero attached hydrogens (tertiary/aromatic N) is 1. The zero-order chi connectivity index (χ0) is 15.8. The van der Waals surface area contributed by atoms with Crippen LogP contribution in [-0.2, 0) is 4.79 Å². The lowest BCUT2D eigenvalue weighted by molar-refractivity contribution is -0.133. The number of benzene rings is 1. The van der Waals surface area contributed by atoms with Crippen LogP contribution < -0.4 is 10.1 Å². The Bertz CT molecular complexity index is 462. The van der Waals surface area contributed by atoms with Gasteiger partial charge in [-0.15, -0.1) is 12.4 Å². The molecule has 130 valence electrons. The molecule has 1 amide bonds. The molecule has 0 atom stereocenters. The highest BCUT2D eigenvalue weighted by Gasteiger charge is 2.22. The number of likely N-dealkylation sites (tertiary alicyclic amines) is 1. The third-order valence-corrected chi connectivity index (χ3v) is 4.17. The molecule has 0 saturated carbocycles. The molecule has 0 radical (unpaired) electrons. The fourth-order valence-corrected chi connectivity index (χ4v) is 2.76. The van der Waals surface area contributed by atoms with Gasteiger partial charge in [-0.05, 0) is 63.0 Å². The second-order valence-electron chi connectivity index (χ2n) is 5.77. The molecule has 2 rings (SSSR count). The highest BCUT2D eigenvalue weighted by Crippen LogP contribution is 2.20. The molecule has 1 aliphatic heterocycles. The zero-order valence-electron chi connectivity index (χ0n) is 13.6. The van der Waals surface area contributed by atoms with Gasteiger partial charge in [0, 0.05) is 13.1 Å². The third kappa shape index (κ3) is 6.75. The number of carbonyl (C=O) groups excluding carboxylic acids is 1. The van der Waals surface area contributed by atoms with Gasteiger partial charge in [0.15, 0.2) is 0 Å². The van der Waals surface area contributed by atoms with Crippen LogP contribution in [0.15, 0.2) is 24.3 Å². The Kier molecular flexibility index (Phi) is 8.95. The number of piperidine rings is 1. The van der Waals surface area contributed by atoms with E-state index in [1.807, 2.05) is 11.9 Å². The molecule has 0 unspecified atom stereocenters. The number of amides is 1. The van der Waals surface area contributed by atoms with E-state index in [1.165, 1.54) is 18.6 Å². The molecule has 1 aromatic rings. The average molecular weight is 345 g/mol. The first-order valence-electron chi connectivity index (χ1n) is 8.00. The van der Waals surface area contributed by atoms with Crippen molar-refractivity contribution in [3.8, 4) is 5.75 Å². The largest absolute Gasteiger partial charge is 0.493 e. The predicted molar refractivity (Wildman–Crippen MR) is 91.6 cm³/mol. The molecule has 6 heteroatoms. The zero-order valence-corrected chi connectivity index (χ0v) is 14.4. The van der Waals surface area contributed by atoms with Crippen molar-refractivity contribution < 1.29 is 13.9 Å². The van der Waals surface area contributed by atoms with Crippen LogP contribution in [-0.4, -0.2) is 44.1 Å². The molecule has 0 spiro atoms. The number of rotatable bonds is 7. The van der Waals surface area contributed by atoms with Crippen LogP contribution in [0.25, 0.3) is 0 Å². The Morgan fingerprint density at radius 1 is 1.30 bits per heavy atom. The lowest BCUT2D eigenvalue weighted by Crippen LogP contribution is -2.39. The highest BCUT2D eigenvalue weighted by atomic mass is 35.5. The summed E-state index contributed by atoms with van der Waals surface area (Å²) < 4.78 is 18.2. The first-order chi connectivity index (χ1) is 10.7. The van der Waals surface area contributed by atoms with Gasteiger partial charge in [-0.1, -0.05) is 0 Å². The van der Waals surface area contributed by atoms with E-state index in [-0.39, 0.29) is 24.1 Å². The predicted octanol–water partition coefficient (Wildman–Crippen LogP) is 2.86. The van der Waals surface area contributed by atoms with Crippen molar-refractivity contribution in [1.29, 1.82) is 0 Å². The number of halogens is 2. The van der Waals surface area contributed by atoms with Crippen LogP contribution in [0.4, 0.5) is 4.39 Å². The van der Waals surface area contributed by atoms with Crippen LogP contribution >= 0.6 is 12.4 Å². The molecule has 1 saturated heterocycles. The summed E-state index contributed by atoms with van der Waals surface area (Å²) in [6, 6.07) is 5.86. The monoisotopic (exact) mass is 344 g/mol. The van der Waals surface area contributed by atoms with Gasteiger partial charge in [-0.2, -0.15) is 0 Å². The summed E-state index contributed by atoms with van der Waals surface area (Å²) in [4.78, 5) is 14.1. The summed E-state index contributed by atoms with van der Waals surface area (Å²) in [5.74, 6) is 1.19. The summed E-state index contributed by atoms with van der Waals surface area (Å²) in [7, 11) is 1.97. The first-order valence-corrected chi connectivity index (χ1v) is 8.00. The summed E-state index contributed by atoms with van der Waals surface area (Å²) in [5, 5.41) is 3.18. The SMILES string of the molecule is CNCCC1CCN(C(=O)CCOc2ccc(F)cc2)CC1.Cl. The van der Waals surface area contributed by atoms with E-state index in [0.717, 1.165) is 38.4 Å². The van der Waals surface area contributed by atoms with Crippen LogP contribution in [0.2, 0.25) is 0 Å². The van der Waals surface area contributed by atoms with Gasteiger partial charge in [0.25, 0.3) is 0 Å². The van der Waals surface area contributed by atoms with E-state index >= 15 is 0 Å². The maximum Gasteiger partial charge on any atom is 0.225 e. The quantitative estimate of drug-likeness (QED) is 0.827. The molecule has 0 aliphatic carbocycles.